The van der Waals surface area contributed by atoms with Crippen molar-refractivity contribution in [1.82, 2.24) is 15.5 Å². The lowest BCUT2D eigenvalue weighted by Crippen LogP contribution is -2.45. The van der Waals surface area contributed by atoms with Crippen molar-refractivity contribution >= 4 is 23.5 Å². The molecule has 7 heteroatoms. The maximum Gasteiger partial charge on any atom is 0.225 e. The zero-order valence-electron chi connectivity index (χ0n) is 18.2. The summed E-state index contributed by atoms with van der Waals surface area (Å²) in [6.07, 6.45) is 6.69. The van der Waals surface area contributed by atoms with E-state index in [0.29, 0.717) is 12.5 Å². The molecule has 0 radical (unpaired) electrons. The van der Waals surface area contributed by atoms with Gasteiger partial charge in [-0.2, -0.15) is 0 Å². The smallest absolute Gasteiger partial charge is 0.225 e. The summed E-state index contributed by atoms with van der Waals surface area (Å²) >= 11 is 0. The van der Waals surface area contributed by atoms with E-state index in [1.807, 2.05) is 36.1 Å². The standard InChI is InChI=1S/C23H35N5O2/c1-3-24-23(25-15-18-8-7-11-20(14-18)26-17(2)29)27-21-12-13-28(16-21)22(30)19-9-5-4-6-10-19/h7-8,11,14,19,21H,3-6,9-10,12-13,15-16H2,1-2H3,(H,26,29)(H2,24,25,27). The molecular formula is C23H35N5O2. The van der Waals surface area contributed by atoms with Crippen LogP contribution in [0.1, 0.15) is 57.9 Å². The number of likely N-dealkylation sites (tertiary alicyclic amines) is 1. The quantitative estimate of drug-likeness (QED) is 0.494. The van der Waals surface area contributed by atoms with Crippen molar-refractivity contribution < 1.29 is 9.59 Å². The summed E-state index contributed by atoms with van der Waals surface area (Å²) in [5.74, 6) is 1.25. The van der Waals surface area contributed by atoms with Crippen molar-refractivity contribution in [3.8, 4) is 0 Å². The van der Waals surface area contributed by atoms with Crippen LogP contribution >= 0.6 is 0 Å². The molecule has 1 atom stereocenters. The molecule has 30 heavy (non-hydrogen) atoms. The van der Waals surface area contributed by atoms with Crippen molar-refractivity contribution in [1.29, 1.82) is 0 Å². The maximum atomic E-state index is 12.8. The van der Waals surface area contributed by atoms with Gasteiger partial charge in [0.25, 0.3) is 0 Å². The third-order valence-electron chi connectivity index (χ3n) is 5.81. The Balaban J connectivity index is 1.55. The van der Waals surface area contributed by atoms with Gasteiger partial charge in [-0.1, -0.05) is 31.4 Å². The van der Waals surface area contributed by atoms with Gasteiger partial charge in [-0.05, 0) is 43.9 Å². The largest absolute Gasteiger partial charge is 0.357 e. The molecule has 7 nitrogen and oxygen atoms in total. The van der Waals surface area contributed by atoms with Crippen molar-refractivity contribution in [2.24, 2.45) is 10.9 Å². The maximum absolute atomic E-state index is 12.8. The molecule has 1 unspecified atom stereocenters. The fourth-order valence-electron chi connectivity index (χ4n) is 4.32. The average molecular weight is 414 g/mol. The van der Waals surface area contributed by atoms with E-state index in [4.69, 9.17) is 4.99 Å². The van der Waals surface area contributed by atoms with E-state index < -0.39 is 0 Å². The minimum atomic E-state index is -0.0841. The lowest BCUT2D eigenvalue weighted by atomic mass is 9.88. The second kappa shape index (κ2) is 11.0. The molecule has 0 bridgehead atoms. The van der Waals surface area contributed by atoms with E-state index in [2.05, 4.69) is 16.0 Å². The Morgan fingerprint density at radius 1 is 1.17 bits per heavy atom. The van der Waals surface area contributed by atoms with E-state index in [1.165, 1.54) is 26.2 Å². The van der Waals surface area contributed by atoms with Gasteiger partial charge >= 0.3 is 0 Å². The van der Waals surface area contributed by atoms with E-state index in [-0.39, 0.29) is 17.9 Å². The van der Waals surface area contributed by atoms with Gasteiger partial charge in [-0.3, -0.25) is 9.59 Å². The minimum absolute atomic E-state index is 0.0841. The molecule has 2 amide bonds. The Morgan fingerprint density at radius 2 is 1.97 bits per heavy atom. The lowest BCUT2D eigenvalue weighted by Gasteiger charge is -2.26. The van der Waals surface area contributed by atoms with Gasteiger partial charge in [0.1, 0.15) is 0 Å². The van der Waals surface area contributed by atoms with Crippen LogP contribution in [0.25, 0.3) is 0 Å². The Bertz CT molecular complexity index is 758. The summed E-state index contributed by atoms with van der Waals surface area (Å²) in [4.78, 5) is 30.8. The summed E-state index contributed by atoms with van der Waals surface area (Å²) in [5.41, 5.74) is 1.81. The number of rotatable bonds is 6. The first-order valence-corrected chi connectivity index (χ1v) is 11.3. The molecule has 3 rings (SSSR count). The van der Waals surface area contributed by atoms with E-state index in [9.17, 15) is 9.59 Å². The Hall–Kier alpha value is -2.57. The predicted octanol–water partition coefficient (Wildman–Crippen LogP) is 2.88. The van der Waals surface area contributed by atoms with Gasteiger partial charge in [-0.15, -0.1) is 0 Å². The monoisotopic (exact) mass is 413 g/mol. The van der Waals surface area contributed by atoms with Gasteiger partial charge < -0.3 is 20.9 Å². The highest BCUT2D eigenvalue weighted by atomic mass is 16.2. The molecule has 1 saturated carbocycles. The number of guanidine groups is 1. The molecule has 1 aliphatic heterocycles. The third kappa shape index (κ3) is 6.47. The van der Waals surface area contributed by atoms with Crippen LogP contribution in [0.5, 0.6) is 0 Å². The molecule has 1 heterocycles. The number of hydrogen-bond donors (Lipinski definition) is 3. The minimum Gasteiger partial charge on any atom is -0.357 e. The Morgan fingerprint density at radius 3 is 2.70 bits per heavy atom. The van der Waals surface area contributed by atoms with Crippen LogP contribution in [0.4, 0.5) is 5.69 Å². The molecule has 164 valence electrons. The number of carbonyl (C=O) groups excluding carboxylic acids is 2. The van der Waals surface area contributed by atoms with E-state index in [0.717, 1.165) is 56.1 Å². The van der Waals surface area contributed by atoms with Crippen LogP contribution in [-0.2, 0) is 16.1 Å². The van der Waals surface area contributed by atoms with Crippen LogP contribution in [0.3, 0.4) is 0 Å². The average Bonchev–Trinajstić information content (AvgIpc) is 3.20. The normalized spacial score (nSPS) is 20.1. The molecule has 0 spiro atoms. The Labute approximate surface area is 179 Å². The zero-order valence-corrected chi connectivity index (χ0v) is 18.2. The van der Waals surface area contributed by atoms with E-state index in [1.54, 1.807) is 0 Å². The first kappa shape index (κ1) is 22.1. The topological polar surface area (TPSA) is 85.8 Å². The van der Waals surface area contributed by atoms with Crippen LogP contribution < -0.4 is 16.0 Å². The molecular weight excluding hydrogens is 378 g/mol. The summed E-state index contributed by atoms with van der Waals surface area (Å²) in [6.45, 7) is 6.41. The van der Waals surface area contributed by atoms with Gasteiger partial charge in [0, 0.05) is 44.2 Å². The van der Waals surface area contributed by atoms with Crippen molar-refractivity contribution in [2.45, 2.75) is 65.0 Å². The van der Waals surface area contributed by atoms with Gasteiger partial charge in [0.05, 0.1) is 6.54 Å². The highest BCUT2D eigenvalue weighted by Crippen LogP contribution is 2.26. The fraction of sp³-hybridized carbons (Fsp3) is 0.609. The molecule has 2 fully saturated rings. The molecule has 0 aromatic heterocycles. The molecule has 1 aliphatic carbocycles. The number of carbonyl (C=O) groups is 2. The van der Waals surface area contributed by atoms with Crippen LogP contribution in [-0.4, -0.2) is 48.3 Å². The number of aliphatic imine (C=N–C) groups is 1. The molecule has 1 aromatic carbocycles. The van der Waals surface area contributed by atoms with Crippen molar-refractivity contribution in [2.75, 3.05) is 25.0 Å². The number of benzene rings is 1. The van der Waals surface area contributed by atoms with Gasteiger partial charge in [0.15, 0.2) is 5.96 Å². The first-order chi connectivity index (χ1) is 14.5. The van der Waals surface area contributed by atoms with Crippen molar-refractivity contribution in [3.05, 3.63) is 29.8 Å². The molecule has 3 N–H and O–H groups in total. The first-order valence-electron chi connectivity index (χ1n) is 11.3. The van der Waals surface area contributed by atoms with Crippen LogP contribution in [0, 0.1) is 5.92 Å². The highest BCUT2D eigenvalue weighted by Gasteiger charge is 2.31. The summed E-state index contributed by atoms with van der Waals surface area (Å²) < 4.78 is 0. The van der Waals surface area contributed by atoms with Crippen LogP contribution in [0.15, 0.2) is 29.3 Å². The van der Waals surface area contributed by atoms with Crippen molar-refractivity contribution in [3.63, 3.8) is 0 Å². The second-order valence-electron chi connectivity index (χ2n) is 8.33. The zero-order chi connectivity index (χ0) is 21.3. The fourth-order valence-corrected chi connectivity index (χ4v) is 4.32. The number of anilines is 1. The van der Waals surface area contributed by atoms with E-state index >= 15 is 0 Å². The summed E-state index contributed by atoms with van der Waals surface area (Å²) in [7, 11) is 0. The van der Waals surface area contributed by atoms with Gasteiger partial charge in [0.2, 0.25) is 11.8 Å². The summed E-state index contributed by atoms with van der Waals surface area (Å²) in [6, 6.07) is 7.95. The second-order valence-corrected chi connectivity index (χ2v) is 8.33. The van der Waals surface area contributed by atoms with Crippen LogP contribution in [0.2, 0.25) is 0 Å². The third-order valence-corrected chi connectivity index (χ3v) is 5.81. The highest BCUT2D eigenvalue weighted by molar-refractivity contribution is 5.88. The lowest BCUT2D eigenvalue weighted by molar-refractivity contribution is -0.135. The predicted molar refractivity (Wildman–Crippen MR) is 120 cm³/mol. The number of amides is 2. The number of nitrogens with zero attached hydrogens (tertiary/aromatic N) is 2. The Kier molecular flexibility index (Phi) is 8.11. The molecule has 1 aromatic rings. The number of nitrogens with one attached hydrogen (secondary N) is 3. The van der Waals surface area contributed by atoms with Gasteiger partial charge in [-0.25, -0.2) is 4.99 Å². The number of hydrogen-bond acceptors (Lipinski definition) is 3. The molecule has 1 saturated heterocycles. The molecule has 2 aliphatic rings. The summed E-state index contributed by atoms with van der Waals surface area (Å²) in [5, 5.41) is 9.60. The SMILES string of the molecule is CCNC(=NCc1cccc(NC(C)=O)c1)NC1CCN(C(=O)C2CCCCC2)C1.